The van der Waals surface area contributed by atoms with E-state index in [2.05, 4.69) is 15.8 Å². The molecule has 0 unspecified atom stereocenters. The lowest BCUT2D eigenvalue weighted by molar-refractivity contribution is 0.475. The number of fused-ring (bicyclic) bond motifs is 1. The summed E-state index contributed by atoms with van der Waals surface area (Å²) in [5, 5.41) is 19.6. The van der Waals surface area contributed by atoms with Gasteiger partial charge in [0.25, 0.3) is 0 Å². The molecule has 0 aliphatic rings. The van der Waals surface area contributed by atoms with Crippen LogP contribution in [0.15, 0.2) is 65.8 Å². The first kappa shape index (κ1) is 16.0. The predicted octanol–water partition coefficient (Wildman–Crippen LogP) is 4.17. The number of hydrazone groups is 1. The fraction of sp³-hybridized carbons (Fsp3) is 0.0526. The van der Waals surface area contributed by atoms with E-state index in [1.54, 1.807) is 12.3 Å². The molecule has 120 valence electrons. The van der Waals surface area contributed by atoms with Gasteiger partial charge < -0.3 is 10.4 Å². The van der Waals surface area contributed by atoms with E-state index in [-0.39, 0.29) is 5.75 Å². The van der Waals surface area contributed by atoms with Gasteiger partial charge in [0.1, 0.15) is 5.75 Å². The lowest BCUT2D eigenvalue weighted by atomic mass is 10.0. The number of thiocarbonyl (C=S) groups is 1. The van der Waals surface area contributed by atoms with E-state index in [0.717, 1.165) is 16.5 Å². The number of aryl methyl sites for hydroxylation is 1. The van der Waals surface area contributed by atoms with Crippen LogP contribution in [-0.2, 0) is 0 Å². The number of anilines is 1. The minimum Gasteiger partial charge on any atom is -0.507 e. The third kappa shape index (κ3) is 3.70. The third-order valence-electron chi connectivity index (χ3n) is 3.62. The highest BCUT2D eigenvalue weighted by Gasteiger charge is 2.04. The van der Waals surface area contributed by atoms with E-state index < -0.39 is 0 Å². The molecule has 3 aromatic rings. The van der Waals surface area contributed by atoms with E-state index in [0.29, 0.717) is 10.7 Å². The molecule has 0 aromatic heterocycles. The van der Waals surface area contributed by atoms with E-state index in [9.17, 15) is 5.11 Å². The van der Waals surface area contributed by atoms with Gasteiger partial charge in [0.05, 0.1) is 6.21 Å². The van der Waals surface area contributed by atoms with Crippen molar-refractivity contribution in [1.29, 1.82) is 0 Å². The second-order valence-electron chi connectivity index (χ2n) is 5.41. The Labute approximate surface area is 145 Å². The van der Waals surface area contributed by atoms with Crippen molar-refractivity contribution in [3.05, 3.63) is 71.8 Å². The number of nitrogens with zero attached hydrogens (tertiary/aromatic N) is 1. The van der Waals surface area contributed by atoms with Crippen LogP contribution in [0.5, 0.6) is 5.75 Å². The average Bonchev–Trinajstić information content (AvgIpc) is 2.59. The predicted molar refractivity (Wildman–Crippen MR) is 104 cm³/mol. The molecule has 3 N–H and O–H groups in total. The Morgan fingerprint density at radius 2 is 1.79 bits per heavy atom. The quantitative estimate of drug-likeness (QED) is 0.382. The molecule has 0 heterocycles. The Balaban J connectivity index is 1.71. The van der Waals surface area contributed by atoms with Gasteiger partial charge >= 0.3 is 0 Å². The zero-order chi connectivity index (χ0) is 16.9. The van der Waals surface area contributed by atoms with Gasteiger partial charge in [-0.3, -0.25) is 5.43 Å². The van der Waals surface area contributed by atoms with Gasteiger partial charge in [-0.05, 0) is 48.1 Å². The molecule has 5 heteroatoms. The maximum absolute atomic E-state index is 10.1. The smallest absolute Gasteiger partial charge is 0.191 e. The van der Waals surface area contributed by atoms with Crippen molar-refractivity contribution in [2.24, 2.45) is 5.10 Å². The Hall–Kier alpha value is -2.92. The van der Waals surface area contributed by atoms with E-state index >= 15 is 0 Å². The van der Waals surface area contributed by atoms with Gasteiger partial charge in [0, 0.05) is 11.3 Å². The van der Waals surface area contributed by atoms with Crippen molar-refractivity contribution in [2.45, 2.75) is 6.92 Å². The van der Waals surface area contributed by atoms with Crippen LogP contribution in [-0.4, -0.2) is 16.4 Å². The van der Waals surface area contributed by atoms with Gasteiger partial charge in [0.15, 0.2) is 5.11 Å². The van der Waals surface area contributed by atoms with Crippen LogP contribution in [0, 0.1) is 6.92 Å². The van der Waals surface area contributed by atoms with Crippen LogP contribution in [0.3, 0.4) is 0 Å². The lowest BCUT2D eigenvalue weighted by Gasteiger charge is -2.08. The second-order valence-corrected chi connectivity index (χ2v) is 5.82. The Kier molecular flexibility index (Phi) is 4.72. The van der Waals surface area contributed by atoms with Crippen molar-refractivity contribution in [2.75, 3.05) is 5.32 Å². The largest absolute Gasteiger partial charge is 0.507 e. The zero-order valence-electron chi connectivity index (χ0n) is 13.2. The molecule has 0 fully saturated rings. The fourth-order valence-electron chi connectivity index (χ4n) is 2.37. The molecule has 0 spiro atoms. The van der Waals surface area contributed by atoms with E-state index in [1.165, 1.54) is 5.56 Å². The minimum atomic E-state index is 0.177. The van der Waals surface area contributed by atoms with Gasteiger partial charge in [-0.15, -0.1) is 0 Å². The summed E-state index contributed by atoms with van der Waals surface area (Å²) in [6.07, 6.45) is 1.57. The lowest BCUT2D eigenvalue weighted by Crippen LogP contribution is -2.23. The fourth-order valence-corrected chi connectivity index (χ4v) is 2.54. The van der Waals surface area contributed by atoms with Crippen LogP contribution < -0.4 is 10.7 Å². The highest BCUT2D eigenvalue weighted by atomic mass is 32.1. The van der Waals surface area contributed by atoms with Gasteiger partial charge in [-0.25, -0.2) is 0 Å². The summed E-state index contributed by atoms with van der Waals surface area (Å²) in [5.74, 6) is 0.177. The maximum Gasteiger partial charge on any atom is 0.191 e. The first-order chi connectivity index (χ1) is 11.6. The van der Waals surface area contributed by atoms with Crippen molar-refractivity contribution in [1.82, 2.24) is 5.43 Å². The average molecular weight is 335 g/mol. The summed E-state index contributed by atoms with van der Waals surface area (Å²) in [7, 11) is 0. The maximum atomic E-state index is 10.1. The van der Waals surface area contributed by atoms with Crippen molar-refractivity contribution in [3.8, 4) is 5.75 Å². The number of nitrogens with one attached hydrogen (secondary N) is 2. The summed E-state index contributed by atoms with van der Waals surface area (Å²) in [6, 6.07) is 19.3. The van der Waals surface area contributed by atoms with Crippen molar-refractivity contribution >= 4 is 40.0 Å². The first-order valence-corrected chi connectivity index (χ1v) is 7.92. The number of rotatable bonds is 3. The summed E-state index contributed by atoms with van der Waals surface area (Å²) in [6.45, 7) is 2.03. The van der Waals surface area contributed by atoms with Gasteiger partial charge in [-0.1, -0.05) is 48.0 Å². The molecule has 0 radical (unpaired) electrons. The minimum absolute atomic E-state index is 0.177. The van der Waals surface area contributed by atoms with Crippen LogP contribution in [0.4, 0.5) is 5.69 Å². The van der Waals surface area contributed by atoms with Gasteiger partial charge in [0.2, 0.25) is 0 Å². The van der Waals surface area contributed by atoms with Gasteiger partial charge in [-0.2, -0.15) is 5.10 Å². The highest BCUT2D eigenvalue weighted by Crippen LogP contribution is 2.25. The van der Waals surface area contributed by atoms with E-state index in [1.807, 2.05) is 61.5 Å². The zero-order valence-corrected chi connectivity index (χ0v) is 14.0. The number of phenolic OH excluding ortho intramolecular Hbond substituents is 1. The number of hydrogen-bond acceptors (Lipinski definition) is 3. The highest BCUT2D eigenvalue weighted by molar-refractivity contribution is 7.80. The first-order valence-electron chi connectivity index (χ1n) is 7.51. The number of aromatic hydroxyl groups is 1. The number of benzene rings is 3. The third-order valence-corrected chi connectivity index (χ3v) is 3.81. The summed E-state index contributed by atoms with van der Waals surface area (Å²) in [4.78, 5) is 0. The van der Waals surface area contributed by atoms with Crippen LogP contribution in [0.2, 0.25) is 0 Å². The molecule has 4 nitrogen and oxygen atoms in total. The second kappa shape index (κ2) is 7.10. The molecular weight excluding hydrogens is 318 g/mol. The van der Waals surface area contributed by atoms with Crippen LogP contribution in [0.25, 0.3) is 10.8 Å². The molecule has 24 heavy (non-hydrogen) atoms. The molecule has 0 amide bonds. The monoisotopic (exact) mass is 335 g/mol. The molecular formula is C19H17N3OS. The molecule has 3 rings (SSSR count). The molecule has 3 aromatic carbocycles. The molecule has 0 aliphatic heterocycles. The summed E-state index contributed by atoms with van der Waals surface area (Å²) < 4.78 is 0. The SMILES string of the molecule is Cc1ccc(NC(=S)NN=Cc2c(O)ccc3ccccc23)cc1. The van der Waals surface area contributed by atoms with Crippen molar-refractivity contribution in [3.63, 3.8) is 0 Å². The Bertz CT molecular complexity index is 904. The standard InChI is InChI=1S/C19H17N3OS/c1-13-6-9-15(10-7-13)21-19(24)22-20-12-17-16-5-3-2-4-14(16)8-11-18(17)23/h2-12,23H,1H3,(H2,21,22,24). The molecule has 0 saturated heterocycles. The Morgan fingerprint density at radius 3 is 2.58 bits per heavy atom. The van der Waals surface area contributed by atoms with Crippen LogP contribution >= 0.6 is 12.2 Å². The normalized spacial score (nSPS) is 10.9. The van der Waals surface area contributed by atoms with Crippen molar-refractivity contribution < 1.29 is 5.11 Å². The summed E-state index contributed by atoms with van der Waals surface area (Å²) >= 11 is 5.21. The topological polar surface area (TPSA) is 56.7 Å². The summed E-state index contributed by atoms with van der Waals surface area (Å²) in [5.41, 5.74) is 5.49. The molecule has 0 aliphatic carbocycles. The number of hydrogen-bond donors (Lipinski definition) is 3. The molecule has 0 atom stereocenters. The van der Waals surface area contributed by atoms with E-state index in [4.69, 9.17) is 12.2 Å². The van der Waals surface area contributed by atoms with Crippen LogP contribution in [0.1, 0.15) is 11.1 Å². The Morgan fingerprint density at radius 1 is 1.04 bits per heavy atom. The number of phenols is 1. The molecule has 0 bridgehead atoms. The molecule has 0 saturated carbocycles.